The molecule has 176 valence electrons. The Morgan fingerprint density at radius 2 is 1.53 bits per heavy atom. The van der Waals surface area contributed by atoms with Crippen LogP contribution in [0, 0.1) is 0 Å². The molecule has 6 heteroatoms. The highest BCUT2D eigenvalue weighted by Crippen LogP contribution is 2.19. The van der Waals surface area contributed by atoms with Crippen LogP contribution < -0.4 is 10.5 Å². The van der Waals surface area contributed by atoms with E-state index in [1.807, 2.05) is 89.2 Å². The average molecular weight is 443 g/mol. The number of nitrogens with zero attached hydrogens (tertiary/aromatic N) is 1. The Hall–Kier alpha value is -2.41. The van der Waals surface area contributed by atoms with Crippen molar-refractivity contribution >= 4 is 5.91 Å². The van der Waals surface area contributed by atoms with Crippen LogP contribution in [0.5, 0.6) is 5.75 Å². The summed E-state index contributed by atoms with van der Waals surface area (Å²) in [4.78, 5) is 15.0. The van der Waals surface area contributed by atoms with Gasteiger partial charge in [-0.3, -0.25) is 4.79 Å². The number of rotatable bonds is 12. The summed E-state index contributed by atoms with van der Waals surface area (Å²) < 4.78 is 17.2. The summed E-state index contributed by atoms with van der Waals surface area (Å²) in [5, 5.41) is 0. The Labute approximate surface area is 192 Å². The number of ether oxygens (including phenoxy) is 3. The average Bonchev–Trinajstić information content (AvgIpc) is 2.74. The van der Waals surface area contributed by atoms with Gasteiger partial charge in [-0.2, -0.15) is 0 Å². The summed E-state index contributed by atoms with van der Waals surface area (Å²) in [5.74, 6) is 0.663. The number of hydrogen-bond acceptors (Lipinski definition) is 5. The van der Waals surface area contributed by atoms with Gasteiger partial charge in [0.25, 0.3) is 0 Å². The number of amides is 1. The lowest BCUT2D eigenvalue weighted by Gasteiger charge is -2.29. The van der Waals surface area contributed by atoms with Crippen LogP contribution in [0.4, 0.5) is 0 Å². The second kappa shape index (κ2) is 12.6. The third-order valence-electron chi connectivity index (χ3n) is 4.72. The number of benzene rings is 2. The second-order valence-electron chi connectivity index (χ2n) is 8.71. The topological polar surface area (TPSA) is 74.0 Å². The zero-order valence-corrected chi connectivity index (χ0v) is 20.0. The van der Waals surface area contributed by atoms with Gasteiger partial charge >= 0.3 is 0 Å². The quantitative estimate of drug-likeness (QED) is 0.500. The number of hydrogen-bond donors (Lipinski definition) is 1. The van der Waals surface area contributed by atoms with Gasteiger partial charge in [0.15, 0.2) is 6.29 Å². The Morgan fingerprint density at radius 1 is 0.938 bits per heavy atom. The van der Waals surface area contributed by atoms with Crippen LogP contribution in [-0.4, -0.2) is 48.5 Å². The van der Waals surface area contributed by atoms with Crippen LogP contribution in [-0.2, 0) is 27.2 Å². The molecule has 0 bridgehead atoms. The molecule has 1 atom stereocenters. The van der Waals surface area contributed by atoms with E-state index in [9.17, 15) is 4.79 Å². The molecule has 0 aliphatic carbocycles. The molecule has 0 aliphatic heterocycles. The third kappa shape index (κ3) is 8.99. The molecule has 0 saturated carbocycles. The van der Waals surface area contributed by atoms with Gasteiger partial charge in [0, 0.05) is 19.8 Å². The van der Waals surface area contributed by atoms with Crippen molar-refractivity contribution in [2.45, 2.75) is 65.5 Å². The molecule has 0 aromatic heterocycles. The lowest BCUT2D eigenvalue weighted by atomic mass is 10.0. The van der Waals surface area contributed by atoms with Gasteiger partial charge in [0.05, 0.1) is 12.6 Å². The molecule has 1 amide bonds. The number of carbonyl (C=O) groups excluding carboxylic acids is 1. The monoisotopic (exact) mass is 442 g/mol. The van der Waals surface area contributed by atoms with E-state index >= 15 is 0 Å². The summed E-state index contributed by atoms with van der Waals surface area (Å²) in [6, 6.07) is 16.9. The van der Waals surface area contributed by atoms with Gasteiger partial charge in [-0.25, -0.2) is 0 Å². The minimum absolute atomic E-state index is 0.131. The molecule has 2 aromatic rings. The van der Waals surface area contributed by atoms with Crippen molar-refractivity contribution in [3.05, 3.63) is 65.7 Å². The van der Waals surface area contributed by atoms with Crippen molar-refractivity contribution in [3.63, 3.8) is 0 Å². The van der Waals surface area contributed by atoms with E-state index in [-0.39, 0.29) is 11.5 Å². The Morgan fingerprint density at radius 3 is 2.06 bits per heavy atom. The Kier molecular flexibility index (Phi) is 10.2. The van der Waals surface area contributed by atoms with Gasteiger partial charge in [0.2, 0.25) is 5.91 Å². The van der Waals surface area contributed by atoms with Gasteiger partial charge in [-0.15, -0.1) is 0 Å². The van der Waals surface area contributed by atoms with Crippen LogP contribution in [0.25, 0.3) is 0 Å². The predicted molar refractivity (Wildman–Crippen MR) is 127 cm³/mol. The minimum atomic E-state index is -0.669. The highest BCUT2D eigenvalue weighted by atomic mass is 16.7. The summed E-state index contributed by atoms with van der Waals surface area (Å²) >= 11 is 0. The van der Waals surface area contributed by atoms with Crippen LogP contribution in [0.2, 0.25) is 0 Å². The Bertz CT molecular complexity index is 797. The van der Waals surface area contributed by atoms with E-state index < -0.39 is 12.3 Å². The Balaban J connectivity index is 2.10. The predicted octanol–water partition coefficient (Wildman–Crippen LogP) is 4.16. The van der Waals surface area contributed by atoms with Crippen molar-refractivity contribution in [2.24, 2.45) is 5.73 Å². The van der Waals surface area contributed by atoms with E-state index in [2.05, 4.69) is 0 Å². The maximum absolute atomic E-state index is 13.3. The molecule has 0 unspecified atom stereocenters. The molecule has 0 fully saturated rings. The molecule has 2 rings (SSSR count). The zero-order chi connectivity index (χ0) is 23.6. The second-order valence-corrected chi connectivity index (χ2v) is 8.71. The first-order valence-corrected chi connectivity index (χ1v) is 11.3. The van der Waals surface area contributed by atoms with Crippen molar-refractivity contribution in [2.75, 3.05) is 19.8 Å². The number of nitrogens with two attached hydrogens (primary N) is 1. The highest BCUT2D eigenvalue weighted by molar-refractivity contribution is 5.82. The third-order valence-corrected chi connectivity index (χ3v) is 4.72. The minimum Gasteiger partial charge on any atom is -0.488 e. The summed E-state index contributed by atoms with van der Waals surface area (Å²) in [6.45, 7) is 11.6. The molecule has 0 radical (unpaired) electrons. The van der Waals surface area contributed by atoms with Crippen LogP contribution in [0.1, 0.15) is 45.7 Å². The van der Waals surface area contributed by atoms with Crippen LogP contribution >= 0.6 is 0 Å². The first-order chi connectivity index (χ1) is 15.2. The van der Waals surface area contributed by atoms with E-state index in [1.54, 1.807) is 4.90 Å². The van der Waals surface area contributed by atoms with Crippen molar-refractivity contribution < 1.29 is 19.0 Å². The highest BCUT2D eigenvalue weighted by Gasteiger charge is 2.25. The van der Waals surface area contributed by atoms with Gasteiger partial charge in [-0.05, 0) is 64.3 Å². The molecule has 6 nitrogen and oxygen atoms in total. The van der Waals surface area contributed by atoms with Gasteiger partial charge in [0.1, 0.15) is 11.4 Å². The summed E-state index contributed by atoms with van der Waals surface area (Å²) in [5.41, 5.74) is 8.12. The van der Waals surface area contributed by atoms with Crippen molar-refractivity contribution in [3.8, 4) is 5.75 Å². The van der Waals surface area contributed by atoms with Gasteiger partial charge in [-0.1, -0.05) is 42.5 Å². The van der Waals surface area contributed by atoms with E-state index in [0.29, 0.717) is 32.7 Å². The normalized spacial score (nSPS) is 12.6. The standard InChI is InChI=1S/C26H38N2O4/c1-6-30-24(31-7-2)19-28(18-21-11-9-8-10-12-21)25(29)23(27)17-20-13-15-22(16-14-20)32-26(3,4)5/h8-16,23-24H,6-7,17-19,27H2,1-5H3/t23-/m0/s1. The molecule has 0 spiro atoms. The van der Waals surface area contributed by atoms with E-state index in [4.69, 9.17) is 19.9 Å². The zero-order valence-electron chi connectivity index (χ0n) is 20.0. The summed E-state index contributed by atoms with van der Waals surface area (Å²) in [6.07, 6.45) is -0.0490. The molecule has 0 aliphatic rings. The fraction of sp³-hybridized carbons (Fsp3) is 0.500. The molecule has 2 N–H and O–H groups in total. The fourth-order valence-electron chi connectivity index (χ4n) is 3.36. The SMILES string of the molecule is CCOC(CN(Cc1ccccc1)C(=O)[C@@H](N)Cc1ccc(OC(C)(C)C)cc1)OCC. The molecule has 2 aromatic carbocycles. The van der Waals surface area contributed by atoms with E-state index in [1.165, 1.54) is 0 Å². The smallest absolute Gasteiger partial charge is 0.240 e. The lowest BCUT2D eigenvalue weighted by Crippen LogP contribution is -2.48. The lowest BCUT2D eigenvalue weighted by molar-refractivity contribution is -0.160. The van der Waals surface area contributed by atoms with Crippen molar-refractivity contribution in [1.82, 2.24) is 4.90 Å². The summed E-state index contributed by atoms with van der Waals surface area (Å²) in [7, 11) is 0. The maximum atomic E-state index is 13.3. The van der Waals surface area contributed by atoms with Gasteiger partial charge < -0.3 is 24.8 Å². The molecule has 0 saturated heterocycles. The largest absolute Gasteiger partial charge is 0.488 e. The van der Waals surface area contributed by atoms with E-state index in [0.717, 1.165) is 16.9 Å². The molecular formula is C26H38N2O4. The first-order valence-electron chi connectivity index (χ1n) is 11.3. The van der Waals surface area contributed by atoms with Crippen LogP contribution in [0.3, 0.4) is 0 Å². The number of carbonyl (C=O) groups is 1. The van der Waals surface area contributed by atoms with Crippen molar-refractivity contribution in [1.29, 1.82) is 0 Å². The molecule has 0 heterocycles. The first kappa shape index (κ1) is 25.8. The fourth-order valence-corrected chi connectivity index (χ4v) is 3.36. The van der Waals surface area contributed by atoms with Crippen LogP contribution in [0.15, 0.2) is 54.6 Å². The molecule has 32 heavy (non-hydrogen) atoms. The molecular weight excluding hydrogens is 404 g/mol. The maximum Gasteiger partial charge on any atom is 0.240 e.